The van der Waals surface area contributed by atoms with Crippen LogP contribution < -0.4 is 16.4 Å². The molecule has 0 saturated heterocycles. The number of urea groups is 1. The van der Waals surface area contributed by atoms with Crippen LogP contribution in [0.3, 0.4) is 0 Å². The average molecular weight is 249 g/mol. The van der Waals surface area contributed by atoms with Crippen LogP contribution in [-0.4, -0.2) is 12.6 Å². The van der Waals surface area contributed by atoms with Crippen LogP contribution in [-0.2, 0) is 0 Å². The number of amides is 2. The first-order valence-electron chi connectivity index (χ1n) is 6.62. The maximum atomic E-state index is 10.7. The Morgan fingerprint density at radius 3 is 2.61 bits per heavy atom. The number of rotatable bonds is 8. The molecule has 0 radical (unpaired) electrons. The second-order valence-corrected chi connectivity index (χ2v) is 4.41. The highest BCUT2D eigenvalue weighted by Gasteiger charge is 1.97. The van der Waals surface area contributed by atoms with E-state index in [1.54, 1.807) is 0 Å². The van der Waals surface area contributed by atoms with Crippen molar-refractivity contribution in [1.82, 2.24) is 0 Å². The van der Waals surface area contributed by atoms with Gasteiger partial charge in [0.05, 0.1) is 0 Å². The van der Waals surface area contributed by atoms with E-state index in [2.05, 4.69) is 17.6 Å². The molecule has 0 aliphatic rings. The third kappa shape index (κ3) is 6.13. The van der Waals surface area contributed by atoms with Crippen molar-refractivity contribution in [2.75, 3.05) is 17.2 Å². The molecule has 1 aromatic rings. The summed E-state index contributed by atoms with van der Waals surface area (Å²) in [7, 11) is 0. The molecule has 0 atom stereocenters. The molecule has 0 bridgehead atoms. The molecule has 4 N–H and O–H groups in total. The van der Waals surface area contributed by atoms with E-state index in [0.29, 0.717) is 0 Å². The predicted molar refractivity (Wildman–Crippen MR) is 76.9 cm³/mol. The van der Waals surface area contributed by atoms with E-state index in [9.17, 15) is 4.79 Å². The van der Waals surface area contributed by atoms with Crippen LogP contribution in [0.5, 0.6) is 0 Å². The second-order valence-electron chi connectivity index (χ2n) is 4.41. The van der Waals surface area contributed by atoms with Gasteiger partial charge in [-0.15, -0.1) is 0 Å². The Hall–Kier alpha value is -1.71. The lowest BCUT2D eigenvalue weighted by atomic mass is 10.1. The SMILES string of the molecule is CCCCCCCNc1cccc(NC(N)=O)c1. The van der Waals surface area contributed by atoms with Gasteiger partial charge < -0.3 is 16.4 Å². The number of primary amides is 1. The summed E-state index contributed by atoms with van der Waals surface area (Å²) in [5, 5.41) is 5.91. The Balaban J connectivity index is 2.27. The maximum absolute atomic E-state index is 10.7. The summed E-state index contributed by atoms with van der Waals surface area (Å²) in [5.74, 6) is 0. The molecule has 4 nitrogen and oxygen atoms in total. The van der Waals surface area contributed by atoms with Crippen molar-refractivity contribution in [3.63, 3.8) is 0 Å². The van der Waals surface area contributed by atoms with Crippen LogP contribution in [0.2, 0.25) is 0 Å². The molecule has 0 saturated carbocycles. The molecule has 0 fully saturated rings. The van der Waals surface area contributed by atoms with Crippen LogP contribution in [0, 0.1) is 0 Å². The number of hydrogen-bond donors (Lipinski definition) is 3. The molecule has 0 unspecified atom stereocenters. The first-order chi connectivity index (χ1) is 8.72. The van der Waals surface area contributed by atoms with Gasteiger partial charge in [-0.3, -0.25) is 0 Å². The zero-order valence-corrected chi connectivity index (χ0v) is 11.0. The molecular weight excluding hydrogens is 226 g/mol. The number of benzene rings is 1. The molecule has 4 heteroatoms. The Labute approximate surface area is 109 Å². The first-order valence-corrected chi connectivity index (χ1v) is 6.62. The van der Waals surface area contributed by atoms with Gasteiger partial charge in [0.2, 0.25) is 0 Å². The molecule has 1 aromatic carbocycles. The van der Waals surface area contributed by atoms with E-state index >= 15 is 0 Å². The summed E-state index contributed by atoms with van der Waals surface area (Å²) in [6, 6.07) is 7.04. The molecule has 18 heavy (non-hydrogen) atoms. The van der Waals surface area contributed by atoms with Crippen molar-refractivity contribution < 1.29 is 4.79 Å². The Morgan fingerprint density at radius 2 is 1.89 bits per heavy atom. The molecule has 0 aliphatic carbocycles. The highest BCUT2D eigenvalue weighted by molar-refractivity contribution is 5.88. The van der Waals surface area contributed by atoms with Crippen LogP contribution in [0.25, 0.3) is 0 Å². The first kappa shape index (κ1) is 14.4. The van der Waals surface area contributed by atoms with Gasteiger partial charge in [-0.05, 0) is 24.6 Å². The molecule has 0 aromatic heterocycles. The predicted octanol–water partition coefficient (Wildman–Crippen LogP) is 3.56. The normalized spacial score (nSPS) is 10.1. The summed E-state index contributed by atoms with van der Waals surface area (Å²) in [5.41, 5.74) is 6.80. The molecule has 0 heterocycles. The third-order valence-electron chi connectivity index (χ3n) is 2.74. The number of carbonyl (C=O) groups excluding carboxylic acids is 1. The Kier molecular flexibility index (Phi) is 6.69. The topological polar surface area (TPSA) is 67.2 Å². The number of unbranched alkanes of at least 4 members (excludes halogenated alkanes) is 4. The van der Waals surface area contributed by atoms with Crippen molar-refractivity contribution >= 4 is 17.4 Å². The molecule has 1 rings (SSSR count). The number of nitrogens with two attached hydrogens (primary N) is 1. The van der Waals surface area contributed by atoms with Crippen LogP contribution in [0.4, 0.5) is 16.2 Å². The highest BCUT2D eigenvalue weighted by atomic mass is 16.2. The average Bonchev–Trinajstić information content (AvgIpc) is 2.33. The largest absolute Gasteiger partial charge is 0.385 e. The Morgan fingerprint density at radius 1 is 1.17 bits per heavy atom. The summed E-state index contributed by atoms with van der Waals surface area (Å²) in [4.78, 5) is 10.7. The summed E-state index contributed by atoms with van der Waals surface area (Å²) in [6.07, 6.45) is 6.33. The monoisotopic (exact) mass is 249 g/mol. The van der Waals surface area contributed by atoms with E-state index in [0.717, 1.165) is 17.9 Å². The number of nitrogens with one attached hydrogen (secondary N) is 2. The Bertz CT molecular complexity index is 366. The quantitative estimate of drug-likeness (QED) is 0.617. The van der Waals surface area contributed by atoms with Crippen molar-refractivity contribution in [2.24, 2.45) is 5.73 Å². The van der Waals surface area contributed by atoms with Gasteiger partial charge in [0, 0.05) is 17.9 Å². The zero-order valence-electron chi connectivity index (χ0n) is 11.0. The van der Waals surface area contributed by atoms with Crippen molar-refractivity contribution in [2.45, 2.75) is 39.0 Å². The van der Waals surface area contributed by atoms with Crippen LogP contribution in [0.15, 0.2) is 24.3 Å². The van der Waals surface area contributed by atoms with Crippen LogP contribution in [0.1, 0.15) is 39.0 Å². The number of hydrogen-bond acceptors (Lipinski definition) is 2. The zero-order chi connectivity index (χ0) is 13.2. The molecule has 100 valence electrons. The lowest BCUT2D eigenvalue weighted by Gasteiger charge is -2.08. The van der Waals surface area contributed by atoms with E-state index in [-0.39, 0.29) is 0 Å². The lowest BCUT2D eigenvalue weighted by Crippen LogP contribution is -2.19. The van der Waals surface area contributed by atoms with Crippen molar-refractivity contribution in [1.29, 1.82) is 0 Å². The number of carbonyl (C=O) groups is 1. The second kappa shape index (κ2) is 8.39. The lowest BCUT2D eigenvalue weighted by molar-refractivity contribution is 0.259. The highest BCUT2D eigenvalue weighted by Crippen LogP contribution is 2.15. The minimum atomic E-state index is -0.535. The summed E-state index contributed by atoms with van der Waals surface area (Å²) in [6.45, 7) is 3.18. The fourth-order valence-corrected chi connectivity index (χ4v) is 1.81. The fraction of sp³-hybridized carbons (Fsp3) is 0.500. The van der Waals surface area contributed by atoms with Gasteiger partial charge in [-0.2, -0.15) is 0 Å². The number of anilines is 2. The van der Waals surface area contributed by atoms with E-state index in [4.69, 9.17) is 5.73 Å². The van der Waals surface area contributed by atoms with Crippen molar-refractivity contribution in [3.05, 3.63) is 24.3 Å². The smallest absolute Gasteiger partial charge is 0.316 e. The molecular formula is C14H23N3O. The third-order valence-corrected chi connectivity index (χ3v) is 2.74. The van der Waals surface area contributed by atoms with E-state index < -0.39 is 6.03 Å². The summed E-state index contributed by atoms with van der Waals surface area (Å²) < 4.78 is 0. The van der Waals surface area contributed by atoms with Gasteiger partial charge in [0.25, 0.3) is 0 Å². The minimum absolute atomic E-state index is 0.535. The van der Waals surface area contributed by atoms with Gasteiger partial charge in [-0.1, -0.05) is 38.7 Å². The van der Waals surface area contributed by atoms with E-state index in [1.165, 1.54) is 32.1 Å². The molecule has 2 amide bonds. The van der Waals surface area contributed by atoms with Crippen LogP contribution >= 0.6 is 0 Å². The van der Waals surface area contributed by atoms with Gasteiger partial charge in [0.15, 0.2) is 0 Å². The minimum Gasteiger partial charge on any atom is -0.385 e. The van der Waals surface area contributed by atoms with Crippen molar-refractivity contribution in [3.8, 4) is 0 Å². The van der Waals surface area contributed by atoms with Gasteiger partial charge in [-0.25, -0.2) is 4.79 Å². The van der Waals surface area contributed by atoms with E-state index in [1.807, 2.05) is 24.3 Å². The standard InChI is InChI=1S/C14H23N3O/c1-2-3-4-5-6-10-16-12-8-7-9-13(11-12)17-14(15)18/h7-9,11,16H,2-6,10H2,1H3,(H3,15,17,18). The molecule has 0 aliphatic heterocycles. The maximum Gasteiger partial charge on any atom is 0.316 e. The molecule has 0 spiro atoms. The van der Waals surface area contributed by atoms with Gasteiger partial charge >= 0.3 is 6.03 Å². The fourth-order valence-electron chi connectivity index (χ4n) is 1.81. The van der Waals surface area contributed by atoms with Gasteiger partial charge in [0.1, 0.15) is 0 Å². The summed E-state index contributed by atoms with van der Waals surface area (Å²) >= 11 is 0.